The van der Waals surface area contributed by atoms with Crippen molar-refractivity contribution in [2.45, 2.75) is 109 Å². The Kier molecular flexibility index (Phi) is 12.3. The van der Waals surface area contributed by atoms with Gasteiger partial charge in [0.2, 0.25) is 5.91 Å². The molecule has 0 fully saturated rings. The first-order chi connectivity index (χ1) is 13.6. The van der Waals surface area contributed by atoms with Crippen molar-refractivity contribution in [2.24, 2.45) is 0 Å². The number of aliphatic hydroxyl groups is 1. The van der Waals surface area contributed by atoms with Crippen molar-refractivity contribution in [3.63, 3.8) is 0 Å². The van der Waals surface area contributed by atoms with Gasteiger partial charge < -0.3 is 19.6 Å². The lowest BCUT2D eigenvalue weighted by Gasteiger charge is -2.50. The minimum atomic E-state index is -1.95. The van der Waals surface area contributed by atoms with Crippen LogP contribution in [0.15, 0.2) is 12.7 Å². The highest BCUT2D eigenvalue weighted by atomic mass is 28.4. The zero-order valence-corrected chi connectivity index (χ0v) is 23.2. The molecule has 7 heteroatoms. The third kappa shape index (κ3) is 9.77. The van der Waals surface area contributed by atoms with E-state index in [1.165, 1.54) is 25.0 Å². The Bertz CT molecular complexity index is 533. The number of unbranched alkanes of at least 4 members (excludes halogenated alkanes) is 1. The number of hydrogen-bond donors (Lipinski definition) is 2. The molecule has 0 bridgehead atoms. The first kappa shape index (κ1) is 29.5. The normalized spacial score (nSPS) is 14.5. The van der Waals surface area contributed by atoms with Crippen LogP contribution in [0.5, 0.6) is 0 Å². The lowest BCUT2D eigenvalue weighted by atomic mass is 10.1. The molecular formula is C23H49NO4Si2. The third-order valence-electron chi connectivity index (χ3n) is 7.02. The van der Waals surface area contributed by atoms with Gasteiger partial charge in [0, 0.05) is 18.4 Å². The zero-order valence-electron chi connectivity index (χ0n) is 21.2. The van der Waals surface area contributed by atoms with Gasteiger partial charge in [-0.05, 0) is 50.9 Å². The molecule has 0 aliphatic heterocycles. The highest BCUT2D eigenvalue weighted by molar-refractivity contribution is 6.82. The molecule has 1 unspecified atom stereocenters. The minimum Gasteiger partial charge on any atom is -0.415 e. The van der Waals surface area contributed by atoms with Crippen molar-refractivity contribution in [1.82, 2.24) is 5.32 Å². The van der Waals surface area contributed by atoms with Crippen LogP contribution in [0.1, 0.15) is 60.3 Å². The molecule has 0 rings (SSSR count). The Hall–Kier alpha value is -0.476. The Labute approximate surface area is 188 Å². The number of rotatable bonds is 16. The van der Waals surface area contributed by atoms with Crippen LogP contribution in [-0.2, 0) is 14.0 Å². The third-order valence-corrected chi connectivity index (χ3v) is 16.7. The van der Waals surface area contributed by atoms with Gasteiger partial charge in [-0.1, -0.05) is 59.3 Å². The molecule has 1 amide bonds. The van der Waals surface area contributed by atoms with Gasteiger partial charge in [-0.15, -0.1) is 0 Å². The van der Waals surface area contributed by atoms with Gasteiger partial charge in [0.25, 0.3) is 0 Å². The lowest BCUT2D eigenvalue weighted by molar-refractivity contribution is -0.117. The summed E-state index contributed by atoms with van der Waals surface area (Å²) in [4.78, 5) is 11.1. The fraction of sp³-hybridized carbons (Fsp3) is 0.870. The van der Waals surface area contributed by atoms with Crippen molar-refractivity contribution in [2.75, 3.05) is 19.8 Å². The smallest absolute Gasteiger partial charge is 0.243 e. The molecule has 0 aromatic rings. The maximum atomic E-state index is 11.1. The summed E-state index contributed by atoms with van der Waals surface area (Å²) in [5, 5.41) is 12.5. The predicted molar refractivity (Wildman–Crippen MR) is 133 cm³/mol. The molecule has 0 saturated heterocycles. The summed E-state index contributed by atoms with van der Waals surface area (Å²) in [6.07, 6.45) is 4.98. The van der Waals surface area contributed by atoms with E-state index in [2.05, 4.69) is 72.7 Å². The second-order valence-corrected chi connectivity index (χ2v) is 20.8. The van der Waals surface area contributed by atoms with Crippen LogP contribution in [-0.4, -0.2) is 58.5 Å². The van der Waals surface area contributed by atoms with Crippen LogP contribution >= 0.6 is 0 Å². The average molecular weight is 460 g/mol. The second kappa shape index (κ2) is 12.5. The molecule has 178 valence electrons. The van der Waals surface area contributed by atoms with Crippen molar-refractivity contribution in [1.29, 1.82) is 0 Å². The number of amides is 1. The Morgan fingerprint density at radius 2 is 1.77 bits per heavy atom. The van der Waals surface area contributed by atoms with Crippen LogP contribution < -0.4 is 5.32 Å². The first-order valence-electron chi connectivity index (χ1n) is 11.5. The molecule has 0 radical (unpaired) electrons. The molecule has 5 nitrogen and oxygen atoms in total. The molecule has 0 heterocycles. The van der Waals surface area contributed by atoms with Crippen LogP contribution in [0.2, 0.25) is 37.3 Å². The molecular weight excluding hydrogens is 410 g/mol. The summed E-state index contributed by atoms with van der Waals surface area (Å²) in [5.74, 6) is -0.285. The highest BCUT2D eigenvalue weighted by Gasteiger charge is 2.48. The molecule has 0 spiro atoms. The Morgan fingerprint density at radius 1 is 1.17 bits per heavy atom. The Morgan fingerprint density at radius 3 is 2.30 bits per heavy atom. The summed E-state index contributed by atoms with van der Waals surface area (Å²) in [6, 6.07) is 1.31. The van der Waals surface area contributed by atoms with Crippen LogP contribution in [0, 0.1) is 0 Å². The van der Waals surface area contributed by atoms with Crippen molar-refractivity contribution in [3.8, 4) is 0 Å². The van der Waals surface area contributed by atoms with Crippen LogP contribution in [0.3, 0.4) is 0 Å². The maximum Gasteiger partial charge on any atom is 0.243 e. The van der Waals surface area contributed by atoms with Gasteiger partial charge in [0.05, 0.1) is 20.8 Å². The van der Waals surface area contributed by atoms with Gasteiger partial charge in [0.15, 0.2) is 8.32 Å². The molecule has 1 atom stereocenters. The van der Waals surface area contributed by atoms with Gasteiger partial charge in [-0.25, -0.2) is 0 Å². The topological polar surface area (TPSA) is 67.8 Å². The summed E-state index contributed by atoms with van der Waals surface area (Å²) in [7, 11) is -3.45. The second-order valence-electron chi connectivity index (χ2n) is 10.8. The molecule has 2 N–H and O–H groups in total. The van der Waals surface area contributed by atoms with Crippen molar-refractivity contribution < 1.29 is 19.1 Å². The van der Waals surface area contributed by atoms with E-state index in [4.69, 9.17) is 9.16 Å². The van der Waals surface area contributed by atoms with E-state index in [-0.39, 0.29) is 29.3 Å². The maximum absolute atomic E-state index is 11.1. The van der Waals surface area contributed by atoms with Crippen molar-refractivity contribution in [3.05, 3.63) is 12.7 Å². The highest BCUT2D eigenvalue weighted by Crippen LogP contribution is 2.45. The van der Waals surface area contributed by atoms with E-state index in [1.807, 2.05) is 0 Å². The first-order valence-corrected chi connectivity index (χ1v) is 17.6. The Balaban J connectivity index is 4.58. The minimum absolute atomic E-state index is 0.0361. The molecule has 0 aliphatic carbocycles. The van der Waals surface area contributed by atoms with E-state index in [0.29, 0.717) is 6.61 Å². The van der Waals surface area contributed by atoms with E-state index in [1.54, 1.807) is 0 Å². The fourth-order valence-electron chi connectivity index (χ4n) is 3.32. The lowest BCUT2D eigenvalue weighted by Crippen LogP contribution is -2.59. The molecule has 30 heavy (non-hydrogen) atoms. The standard InChI is InChI=1S/C23H49NO4Si2/c1-11-13-17-29(7,8)23(5,6)28-30(9,10)22(3,4)15-14-16-27-19-20(25)18-24-21(26)12-2/h12,20,25H,2,11,13-19H2,1,3-10H3,(H,24,26). The molecule has 0 aromatic heterocycles. The largest absolute Gasteiger partial charge is 0.415 e. The van der Waals surface area contributed by atoms with E-state index in [0.717, 1.165) is 12.8 Å². The van der Waals surface area contributed by atoms with E-state index < -0.39 is 22.5 Å². The van der Waals surface area contributed by atoms with Crippen molar-refractivity contribution >= 4 is 22.3 Å². The number of carbonyl (C=O) groups is 1. The van der Waals surface area contributed by atoms with Gasteiger partial charge >= 0.3 is 0 Å². The summed E-state index contributed by atoms with van der Waals surface area (Å²) in [5.41, 5.74) is 0. The number of ether oxygens (including phenoxy) is 1. The number of aliphatic hydroxyl groups excluding tert-OH is 1. The van der Waals surface area contributed by atoms with Crippen LogP contribution in [0.25, 0.3) is 0 Å². The summed E-state index contributed by atoms with van der Waals surface area (Å²) < 4.78 is 12.6. The summed E-state index contributed by atoms with van der Waals surface area (Å²) >= 11 is 0. The molecule has 0 aromatic carbocycles. The number of hydrogen-bond acceptors (Lipinski definition) is 4. The van der Waals surface area contributed by atoms with E-state index in [9.17, 15) is 9.90 Å². The fourth-order valence-corrected chi connectivity index (χ4v) is 9.36. The quantitative estimate of drug-likeness (QED) is 0.187. The monoisotopic (exact) mass is 459 g/mol. The van der Waals surface area contributed by atoms with Gasteiger partial charge in [-0.2, -0.15) is 0 Å². The van der Waals surface area contributed by atoms with Gasteiger partial charge in [0.1, 0.15) is 0 Å². The SMILES string of the molecule is C=CC(=O)NCC(O)COCCCC(C)(C)[Si](C)(C)OC(C)(C)[Si](C)(C)CCCC. The number of nitrogens with one attached hydrogen (secondary N) is 1. The molecule has 0 saturated carbocycles. The summed E-state index contributed by atoms with van der Waals surface area (Å²) in [6.45, 7) is 25.6. The van der Waals surface area contributed by atoms with Gasteiger partial charge in [-0.3, -0.25) is 4.79 Å². The molecule has 0 aliphatic rings. The van der Waals surface area contributed by atoms with Crippen LogP contribution in [0.4, 0.5) is 0 Å². The predicted octanol–water partition coefficient (Wildman–Crippen LogP) is 5.27. The number of carbonyl (C=O) groups excluding carboxylic acids is 1. The van der Waals surface area contributed by atoms with E-state index >= 15 is 0 Å². The average Bonchev–Trinajstić information content (AvgIpc) is 2.62. The zero-order chi connectivity index (χ0) is 23.6.